The summed E-state index contributed by atoms with van der Waals surface area (Å²) in [4.78, 5) is 33.9. The molecule has 0 saturated carbocycles. The second-order valence-electron chi connectivity index (χ2n) is 5.07. The molecule has 2 rings (SSSR count). The molecule has 124 valence electrons. The molecule has 23 heavy (non-hydrogen) atoms. The number of nitrogens with one attached hydrogen (secondary N) is 1. The first-order valence-corrected chi connectivity index (χ1v) is 7.47. The Morgan fingerprint density at radius 2 is 1.65 bits per heavy atom. The fraction of sp³-hybridized carbons (Fsp3) is 0.467. The number of aliphatic hydroxyl groups excluding tert-OH is 2. The number of nitrogens with zero attached hydrogens (tertiary/aromatic N) is 3. The van der Waals surface area contributed by atoms with E-state index in [9.17, 15) is 9.59 Å². The highest BCUT2D eigenvalue weighted by molar-refractivity contribution is 6.22. The summed E-state index contributed by atoms with van der Waals surface area (Å²) in [6.07, 6.45) is 4.71. The number of aliphatic hydroxyl groups is 2. The van der Waals surface area contributed by atoms with Crippen molar-refractivity contribution in [3.8, 4) is 0 Å². The summed E-state index contributed by atoms with van der Waals surface area (Å²) in [5.74, 6) is -0.673. The molecule has 1 aliphatic rings. The maximum atomic E-state index is 12.2. The Hall–Kier alpha value is -2.16. The van der Waals surface area contributed by atoms with Gasteiger partial charge in [0, 0.05) is 38.1 Å². The molecule has 1 heterocycles. The van der Waals surface area contributed by atoms with E-state index in [1.807, 2.05) is 4.90 Å². The van der Waals surface area contributed by atoms with Gasteiger partial charge >= 0.3 is 0 Å². The highest BCUT2D eigenvalue weighted by Gasteiger charge is 2.27. The number of hydrogen-bond acceptors (Lipinski definition) is 8. The van der Waals surface area contributed by atoms with Gasteiger partial charge in [0.2, 0.25) is 11.6 Å². The van der Waals surface area contributed by atoms with E-state index in [2.05, 4.69) is 15.3 Å². The number of carbonyl (C=O) groups is 2. The number of carbonyl (C=O) groups excluding carboxylic acids is 2. The topological polar surface area (TPSA) is 116 Å². The van der Waals surface area contributed by atoms with E-state index in [4.69, 9.17) is 10.2 Å². The van der Waals surface area contributed by atoms with Crippen LogP contribution in [0.25, 0.3) is 0 Å². The van der Waals surface area contributed by atoms with Crippen LogP contribution in [0, 0.1) is 0 Å². The fourth-order valence-electron chi connectivity index (χ4n) is 2.35. The van der Waals surface area contributed by atoms with Crippen molar-refractivity contribution < 1.29 is 19.8 Å². The van der Waals surface area contributed by atoms with Crippen LogP contribution in [-0.4, -0.2) is 76.0 Å². The van der Waals surface area contributed by atoms with Gasteiger partial charge in [-0.2, -0.15) is 0 Å². The molecular weight excluding hydrogens is 300 g/mol. The van der Waals surface area contributed by atoms with Gasteiger partial charge < -0.3 is 15.5 Å². The fourth-order valence-corrected chi connectivity index (χ4v) is 2.35. The van der Waals surface area contributed by atoms with Crippen LogP contribution in [0.4, 0.5) is 0 Å². The largest absolute Gasteiger partial charge is 0.395 e. The number of rotatable bonds is 9. The standard InChI is InChI=1S/C15H20N4O4/c20-8-6-19(7-9-21)5-1-2-16-11-10-12(22)13-14(15(11)23)18-4-3-17-13/h3-4,10,16,20-21H,1-2,5-9H2. The average Bonchev–Trinajstić information content (AvgIpc) is 2.56. The summed E-state index contributed by atoms with van der Waals surface area (Å²) in [7, 11) is 0. The molecule has 3 N–H and O–H groups in total. The summed E-state index contributed by atoms with van der Waals surface area (Å²) in [6, 6.07) is 0. The third-order valence-corrected chi connectivity index (χ3v) is 3.47. The Labute approximate surface area is 133 Å². The van der Waals surface area contributed by atoms with Crippen LogP contribution in [0.3, 0.4) is 0 Å². The Kier molecular flexibility index (Phi) is 6.33. The molecule has 1 aromatic heterocycles. The van der Waals surface area contributed by atoms with Gasteiger partial charge in [-0.25, -0.2) is 9.97 Å². The monoisotopic (exact) mass is 320 g/mol. The van der Waals surface area contributed by atoms with E-state index in [1.54, 1.807) is 0 Å². The van der Waals surface area contributed by atoms with Crippen molar-refractivity contribution >= 4 is 11.6 Å². The first-order chi connectivity index (χ1) is 11.2. The molecule has 8 heteroatoms. The second-order valence-corrected chi connectivity index (χ2v) is 5.07. The molecule has 0 spiro atoms. The molecule has 8 nitrogen and oxygen atoms in total. The molecule has 0 aromatic carbocycles. The van der Waals surface area contributed by atoms with E-state index in [-0.39, 0.29) is 41.9 Å². The van der Waals surface area contributed by atoms with Crippen LogP contribution in [-0.2, 0) is 0 Å². The zero-order chi connectivity index (χ0) is 16.7. The maximum Gasteiger partial charge on any atom is 0.229 e. The van der Waals surface area contributed by atoms with Gasteiger partial charge in [0.1, 0.15) is 11.4 Å². The van der Waals surface area contributed by atoms with Gasteiger partial charge in [0.15, 0.2) is 0 Å². The lowest BCUT2D eigenvalue weighted by molar-refractivity contribution is 0.0970. The minimum absolute atomic E-state index is 0.0288. The van der Waals surface area contributed by atoms with E-state index < -0.39 is 0 Å². The average molecular weight is 320 g/mol. The molecule has 1 aliphatic carbocycles. The van der Waals surface area contributed by atoms with Crippen molar-refractivity contribution in [1.82, 2.24) is 20.2 Å². The minimum atomic E-state index is -0.338. The van der Waals surface area contributed by atoms with Crippen molar-refractivity contribution in [2.24, 2.45) is 0 Å². The molecule has 0 fully saturated rings. The number of aromatic nitrogens is 2. The van der Waals surface area contributed by atoms with Gasteiger partial charge in [-0.05, 0) is 13.0 Å². The van der Waals surface area contributed by atoms with Crippen LogP contribution in [0.5, 0.6) is 0 Å². The summed E-state index contributed by atoms with van der Waals surface area (Å²) in [5, 5.41) is 20.8. The summed E-state index contributed by atoms with van der Waals surface area (Å²) in [5.41, 5.74) is 0.378. The second kappa shape index (κ2) is 8.47. The predicted octanol–water partition coefficient (Wildman–Crippen LogP) is -0.994. The SMILES string of the molecule is O=C1C=C(NCCCN(CCO)CCO)C(=O)c2nccnc21. The molecule has 0 atom stereocenters. The third kappa shape index (κ3) is 4.41. The van der Waals surface area contributed by atoms with E-state index in [0.29, 0.717) is 32.6 Å². The Balaban J connectivity index is 1.87. The van der Waals surface area contributed by atoms with Crippen molar-refractivity contribution in [2.75, 3.05) is 39.4 Å². The van der Waals surface area contributed by atoms with Crippen LogP contribution < -0.4 is 5.32 Å². The summed E-state index contributed by atoms with van der Waals surface area (Å²) < 4.78 is 0. The number of fused-ring (bicyclic) bond motifs is 1. The van der Waals surface area contributed by atoms with Gasteiger partial charge in [-0.15, -0.1) is 0 Å². The maximum absolute atomic E-state index is 12.2. The van der Waals surface area contributed by atoms with Crippen molar-refractivity contribution in [3.63, 3.8) is 0 Å². The van der Waals surface area contributed by atoms with Crippen LogP contribution in [0.1, 0.15) is 27.4 Å². The number of allylic oxidation sites excluding steroid dienone is 2. The smallest absolute Gasteiger partial charge is 0.229 e. The van der Waals surface area contributed by atoms with Crippen LogP contribution in [0.15, 0.2) is 24.2 Å². The quantitative estimate of drug-likeness (QED) is 0.497. The van der Waals surface area contributed by atoms with Gasteiger partial charge in [0.25, 0.3) is 0 Å². The molecule has 0 aliphatic heterocycles. The van der Waals surface area contributed by atoms with Gasteiger partial charge in [-0.1, -0.05) is 0 Å². The highest BCUT2D eigenvalue weighted by Crippen LogP contribution is 2.15. The van der Waals surface area contributed by atoms with E-state index in [1.165, 1.54) is 18.5 Å². The van der Waals surface area contributed by atoms with Crippen molar-refractivity contribution in [3.05, 3.63) is 35.6 Å². The van der Waals surface area contributed by atoms with E-state index in [0.717, 1.165) is 0 Å². The van der Waals surface area contributed by atoms with Crippen LogP contribution in [0.2, 0.25) is 0 Å². The predicted molar refractivity (Wildman–Crippen MR) is 82.0 cm³/mol. The lowest BCUT2D eigenvalue weighted by Crippen LogP contribution is -2.33. The van der Waals surface area contributed by atoms with Crippen molar-refractivity contribution in [1.29, 1.82) is 0 Å². The van der Waals surface area contributed by atoms with Crippen LogP contribution >= 0.6 is 0 Å². The first kappa shape index (κ1) is 17.2. The van der Waals surface area contributed by atoms with E-state index >= 15 is 0 Å². The molecule has 0 saturated heterocycles. The Morgan fingerprint density at radius 3 is 2.30 bits per heavy atom. The normalized spacial score (nSPS) is 14.0. The zero-order valence-electron chi connectivity index (χ0n) is 12.7. The van der Waals surface area contributed by atoms with Gasteiger partial charge in [0.05, 0.1) is 18.9 Å². The third-order valence-electron chi connectivity index (χ3n) is 3.47. The van der Waals surface area contributed by atoms with Gasteiger partial charge in [-0.3, -0.25) is 14.5 Å². The molecular formula is C15H20N4O4. The zero-order valence-corrected chi connectivity index (χ0v) is 12.7. The Morgan fingerprint density at radius 1 is 1.00 bits per heavy atom. The number of Topliss-reactive ketones (excluding diaryl/α,β-unsaturated/α-hetero) is 1. The minimum Gasteiger partial charge on any atom is -0.395 e. The molecule has 0 radical (unpaired) electrons. The molecule has 0 unspecified atom stereocenters. The first-order valence-electron chi connectivity index (χ1n) is 7.47. The Bertz CT molecular complexity index is 597. The molecule has 1 aromatic rings. The lowest BCUT2D eigenvalue weighted by Gasteiger charge is -2.20. The van der Waals surface area contributed by atoms with Crippen molar-refractivity contribution in [2.45, 2.75) is 6.42 Å². The summed E-state index contributed by atoms with van der Waals surface area (Å²) >= 11 is 0. The molecule has 0 amide bonds. The highest BCUT2D eigenvalue weighted by atomic mass is 16.3. The number of hydrogen-bond donors (Lipinski definition) is 3. The summed E-state index contributed by atoms with van der Waals surface area (Å²) in [6.45, 7) is 2.20. The lowest BCUT2D eigenvalue weighted by atomic mass is 10.0. The molecule has 0 bridgehead atoms. The number of ketones is 2.